The Kier molecular flexibility index (Phi) is 3.03. The SMILES string of the molecule is O=C(CC1CNC1)N1CCCC1CO. The van der Waals surface area contributed by atoms with Crippen LogP contribution in [0.15, 0.2) is 0 Å². The number of likely N-dealkylation sites (tertiary alicyclic amines) is 1. The maximum atomic E-state index is 11.8. The monoisotopic (exact) mass is 198 g/mol. The van der Waals surface area contributed by atoms with Crippen LogP contribution in [0.3, 0.4) is 0 Å². The molecule has 2 aliphatic rings. The second kappa shape index (κ2) is 4.28. The second-order valence-corrected chi connectivity index (χ2v) is 4.29. The van der Waals surface area contributed by atoms with Gasteiger partial charge in [0, 0.05) is 13.0 Å². The first-order valence-electron chi connectivity index (χ1n) is 5.42. The molecular weight excluding hydrogens is 180 g/mol. The van der Waals surface area contributed by atoms with E-state index in [0.29, 0.717) is 12.3 Å². The van der Waals surface area contributed by atoms with Gasteiger partial charge < -0.3 is 15.3 Å². The van der Waals surface area contributed by atoms with E-state index in [4.69, 9.17) is 5.11 Å². The Hall–Kier alpha value is -0.610. The molecule has 1 amide bonds. The molecule has 1 atom stereocenters. The fourth-order valence-electron chi connectivity index (χ4n) is 2.21. The zero-order valence-electron chi connectivity index (χ0n) is 8.41. The second-order valence-electron chi connectivity index (χ2n) is 4.29. The Bertz CT molecular complexity index is 216. The molecule has 2 rings (SSSR count). The molecule has 2 saturated heterocycles. The number of aliphatic hydroxyl groups is 1. The van der Waals surface area contributed by atoms with Crippen molar-refractivity contribution in [2.24, 2.45) is 5.92 Å². The third kappa shape index (κ3) is 1.91. The largest absolute Gasteiger partial charge is 0.394 e. The van der Waals surface area contributed by atoms with E-state index < -0.39 is 0 Å². The van der Waals surface area contributed by atoms with Crippen LogP contribution in [0.5, 0.6) is 0 Å². The third-order valence-corrected chi connectivity index (χ3v) is 3.24. The summed E-state index contributed by atoms with van der Waals surface area (Å²) in [4.78, 5) is 13.7. The highest BCUT2D eigenvalue weighted by molar-refractivity contribution is 5.77. The number of carbonyl (C=O) groups is 1. The minimum atomic E-state index is 0.0931. The Labute approximate surface area is 84.3 Å². The lowest BCUT2D eigenvalue weighted by molar-refractivity contribution is -0.134. The van der Waals surface area contributed by atoms with Crippen LogP contribution in [-0.2, 0) is 4.79 Å². The van der Waals surface area contributed by atoms with Crippen molar-refractivity contribution in [2.45, 2.75) is 25.3 Å². The topological polar surface area (TPSA) is 52.6 Å². The van der Waals surface area contributed by atoms with Crippen molar-refractivity contribution in [3.63, 3.8) is 0 Å². The molecule has 0 aromatic rings. The van der Waals surface area contributed by atoms with E-state index in [1.54, 1.807) is 0 Å². The van der Waals surface area contributed by atoms with Crippen molar-refractivity contribution in [3.8, 4) is 0 Å². The molecule has 0 saturated carbocycles. The summed E-state index contributed by atoms with van der Waals surface area (Å²) in [5.41, 5.74) is 0. The molecule has 2 aliphatic heterocycles. The van der Waals surface area contributed by atoms with Crippen molar-refractivity contribution in [1.29, 1.82) is 0 Å². The number of nitrogens with one attached hydrogen (secondary N) is 1. The molecular formula is C10H18N2O2. The fraction of sp³-hybridized carbons (Fsp3) is 0.900. The van der Waals surface area contributed by atoms with Gasteiger partial charge in [-0.1, -0.05) is 0 Å². The lowest BCUT2D eigenvalue weighted by atomic mass is 9.98. The quantitative estimate of drug-likeness (QED) is 0.647. The standard InChI is InChI=1S/C10H18N2O2/c13-7-9-2-1-3-12(9)10(14)4-8-5-11-6-8/h8-9,11,13H,1-7H2. The van der Waals surface area contributed by atoms with Gasteiger partial charge in [0.15, 0.2) is 0 Å². The number of hydrogen-bond acceptors (Lipinski definition) is 3. The zero-order valence-corrected chi connectivity index (χ0v) is 8.41. The number of rotatable bonds is 3. The van der Waals surface area contributed by atoms with Gasteiger partial charge in [-0.25, -0.2) is 0 Å². The summed E-state index contributed by atoms with van der Waals surface area (Å²) < 4.78 is 0. The van der Waals surface area contributed by atoms with Gasteiger partial charge in [-0.2, -0.15) is 0 Å². The van der Waals surface area contributed by atoms with E-state index in [1.807, 2.05) is 4.90 Å². The van der Waals surface area contributed by atoms with Gasteiger partial charge in [0.05, 0.1) is 12.6 Å². The van der Waals surface area contributed by atoms with Gasteiger partial charge in [-0.05, 0) is 31.8 Å². The lowest BCUT2D eigenvalue weighted by Gasteiger charge is -2.30. The van der Waals surface area contributed by atoms with Gasteiger partial charge in [0.2, 0.25) is 5.91 Å². The molecule has 0 bridgehead atoms. The summed E-state index contributed by atoms with van der Waals surface area (Å²) >= 11 is 0. The van der Waals surface area contributed by atoms with Crippen LogP contribution in [-0.4, -0.2) is 48.2 Å². The molecule has 0 aromatic heterocycles. The highest BCUT2D eigenvalue weighted by Crippen LogP contribution is 2.20. The summed E-state index contributed by atoms with van der Waals surface area (Å²) in [6.45, 7) is 2.91. The maximum absolute atomic E-state index is 11.8. The van der Waals surface area contributed by atoms with E-state index in [1.165, 1.54) is 0 Å². The van der Waals surface area contributed by atoms with Gasteiger partial charge in [-0.3, -0.25) is 4.79 Å². The zero-order chi connectivity index (χ0) is 9.97. The molecule has 0 spiro atoms. The minimum Gasteiger partial charge on any atom is -0.394 e. The van der Waals surface area contributed by atoms with Gasteiger partial charge in [-0.15, -0.1) is 0 Å². The number of hydrogen-bond donors (Lipinski definition) is 2. The van der Waals surface area contributed by atoms with Crippen molar-refractivity contribution in [2.75, 3.05) is 26.2 Å². The summed E-state index contributed by atoms with van der Waals surface area (Å²) in [5.74, 6) is 0.760. The number of aliphatic hydroxyl groups excluding tert-OH is 1. The predicted molar refractivity (Wildman–Crippen MR) is 52.8 cm³/mol. The fourth-order valence-corrected chi connectivity index (χ4v) is 2.21. The Morgan fingerprint density at radius 2 is 2.29 bits per heavy atom. The molecule has 80 valence electrons. The highest BCUT2D eigenvalue weighted by Gasteiger charge is 2.30. The molecule has 2 fully saturated rings. The number of carbonyl (C=O) groups excluding carboxylic acids is 1. The summed E-state index contributed by atoms with van der Waals surface area (Å²) in [5, 5.41) is 12.2. The summed E-state index contributed by atoms with van der Waals surface area (Å²) in [6.07, 6.45) is 2.66. The van der Waals surface area contributed by atoms with E-state index >= 15 is 0 Å². The average Bonchev–Trinajstić information content (AvgIpc) is 2.58. The minimum absolute atomic E-state index is 0.0931. The average molecular weight is 198 g/mol. The smallest absolute Gasteiger partial charge is 0.223 e. The van der Waals surface area contributed by atoms with Gasteiger partial charge in [0.25, 0.3) is 0 Å². The van der Waals surface area contributed by atoms with Crippen LogP contribution in [0.4, 0.5) is 0 Å². The normalized spacial score (nSPS) is 27.8. The van der Waals surface area contributed by atoms with Crippen LogP contribution >= 0.6 is 0 Å². The summed E-state index contributed by atoms with van der Waals surface area (Å²) in [6, 6.07) is 0.0931. The Morgan fingerprint density at radius 1 is 1.50 bits per heavy atom. The van der Waals surface area contributed by atoms with Crippen LogP contribution in [0.2, 0.25) is 0 Å². The molecule has 2 N–H and O–H groups in total. The number of amides is 1. The highest BCUT2D eigenvalue weighted by atomic mass is 16.3. The first-order chi connectivity index (χ1) is 6.81. The molecule has 0 aliphatic carbocycles. The van der Waals surface area contributed by atoms with Crippen LogP contribution in [0.25, 0.3) is 0 Å². The van der Waals surface area contributed by atoms with Crippen molar-refractivity contribution in [1.82, 2.24) is 10.2 Å². The molecule has 4 heteroatoms. The van der Waals surface area contributed by atoms with Crippen LogP contribution < -0.4 is 5.32 Å². The van der Waals surface area contributed by atoms with Crippen molar-refractivity contribution in [3.05, 3.63) is 0 Å². The van der Waals surface area contributed by atoms with Crippen LogP contribution in [0, 0.1) is 5.92 Å². The Balaban J connectivity index is 1.83. The molecule has 4 nitrogen and oxygen atoms in total. The molecule has 14 heavy (non-hydrogen) atoms. The van der Waals surface area contributed by atoms with Crippen molar-refractivity contribution < 1.29 is 9.90 Å². The molecule has 0 aromatic carbocycles. The predicted octanol–water partition coefficient (Wildman–Crippen LogP) is -0.421. The first-order valence-corrected chi connectivity index (χ1v) is 5.42. The summed E-state index contributed by atoms with van der Waals surface area (Å²) in [7, 11) is 0. The molecule has 2 heterocycles. The maximum Gasteiger partial charge on any atom is 0.223 e. The van der Waals surface area contributed by atoms with E-state index in [2.05, 4.69) is 5.32 Å². The Morgan fingerprint density at radius 3 is 2.86 bits per heavy atom. The van der Waals surface area contributed by atoms with E-state index in [9.17, 15) is 4.79 Å². The van der Waals surface area contributed by atoms with Crippen molar-refractivity contribution >= 4 is 5.91 Å². The lowest BCUT2D eigenvalue weighted by Crippen LogP contribution is -2.46. The third-order valence-electron chi connectivity index (χ3n) is 3.24. The van der Waals surface area contributed by atoms with Gasteiger partial charge >= 0.3 is 0 Å². The van der Waals surface area contributed by atoms with Crippen LogP contribution in [0.1, 0.15) is 19.3 Å². The molecule has 1 unspecified atom stereocenters. The van der Waals surface area contributed by atoms with E-state index in [-0.39, 0.29) is 18.6 Å². The van der Waals surface area contributed by atoms with Gasteiger partial charge in [0.1, 0.15) is 0 Å². The first kappa shape index (κ1) is 9.93. The number of nitrogens with zero attached hydrogens (tertiary/aromatic N) is 1. The molecule has 0 radical (unpaired) electrons. The van der Waals surface area contributed by atoms with E-state index in [0.717, 1.165) is 32.5 Å².